The van der Waals surface area contributed by atoms with E-state index >= 15 is 0 Å². The summed E-state index contributed by atoms with van der Waals surface area (Å²) in [7, 11) is 0. The van der Waals surface area contributed by atoms with E-state index in [1.165, 1.54) is 5.56 Å². The summed E-state index contributed by atoms with van der Waals surface area (Å²) >= 11 is 6.19. The lowest BCUT2D eigenvalue weighted by atomic mass is 9.97. The van der Waals surface area contributed by atoms with Gasteiger partial charge < -0.3 is 5.32 Å². The largest absolute Gasteiger partial charge is 0.350 e. The molecule has 1 atom stereocenters. The highest BCUT2D eigenvalue weighted by Crippen LogP contribution is 2.25. The van der Waals surface area contributed by atoms with Crippen LogP contribution in [0.2, 0.25) is 5.02 Å². The predicted octanol–water partition coefficient (Wildman–Crippen LogP) is 6.25. The van der Waals surface area contributed by atoms with E-state index in [2.05, 4.69) is 16.4 Å². The molecular weight excluding hydrogens is 404 g/mol. The predicted molar refractivity (Wildman–Crippen MR) is 129 cm³/mol. The molecule has 3 aromatic rings. The van der Waals surface area contributed by atoms with Gasteiger partial charge in [0.25, 0.3) is 0 Å². The van der Waals surface area contributed by atoms with Crippen LogP contribution in [-0.4, -0.2) is 16.9 Å². The summed E-state index contributed by atoms with van der Waals surface area (Å²) in [5.74, 6) is -0.0939. The highest BCUT2D eigenvalue weighted by molar-refractivity contribution is 6.30. The summed E-state index contributed by atoms with van der Waals surface area (Å²) in [5.41, 5.74) is 4.31. The fourth-order valence-corrected chi connectivity index (χ4v) is 3.58. The highest BCUT2D eigenvalue weighted by atomic mass is 35.5. The molecule has 0 fully saturated rings. The van der Waals surface area contributed by atoms with Crippen molar-refractivity contribution in [3.8, 4) is 0 Å². The summed E-state index contributed by atoms with van der Waals surface area (Å²) in [6.45, 7) is 2.03. The fraction of sp³-hybridized carbons (Fsp3) is 0.185. The Kier molecular flexibility index (Phi) is 8.62. The van der Waals surface area contributed by atoms with Gasteiger partial charge in [0.05, 0.1) is 0 Å². The molecule has 1 N–H and O–H groups in total. The molecule has 158 valence electrons. The summed E-state index contributed by atoms with van der Waals surface area (Å²) in [6, 6.07) is 21.9. The number of allylic oxidation sites excluding steroid dienone is 2. The molecule has 3 rings (SSSR count). The normalized spacial score (nSPS) is 12.6. The Morgan fingerprint density at radius 2 is 1.87 bits per heavy atom. The van der Waals surface area contributed by atoms with E-state index in [-0.39, 0.29) is 11.9 Å². The minimum absolute atomic E-state index is 0.0939. The molecule has 0 aliphatic rings. The second-order valence-corrected chi connectivity index (χ2v) is 7.92. The number of halogens is 1. The SMILES string of the molecule is C[C@H](CCCc1cccnc1)NC(=O)/C=C/C=C(\c1ccccc1)c1cccc(Cl)c1. The molecule has 0 aliphatic carbocycles. The zero-order chi connectivity index (χ0) is 21.9. The first-order valence-corrected chi connectivity index (χ1v) is 10.9. The van der Waals surface area contributed by atoms with Crippen molar-refractivity contribution in [2.45, 2.75) is 32.2 Å². The maximum Gasteiger partial charge on any atom is 0.244 e. The molecule has 0 bridgehead atoms. The number of aryl methyl sites for hydroxylation is 1. The molecule has 0 saturated carbocycles. The molecule has 31 heavy (non-hydrogen) atoms. The Bertz CT molecular complexity index is 1030. The molecule has 4 heteroatoms. The van der Waals surface area contributed by atoms with Gasteiger partial charge in [0, 0.05) is 29.5 Å². The third-order valence-electron chi connectivity index (χ3n) is 4.94. The first-order valence-electron chi connectivity index (χ1n) is 10.5. The van der Waals surface area contributed by atoms with Gasteiger partial charge in [-0.05, 0) is 66.6 Å². The second kappa shape index (κ2) is 11.9. The van der Waals surface area contributed by atoms with Crippen molar-refractivity contribution in [2.24, 2.45) is 0 Å². The van der Waals surface area contributed by atoms with Crippen LogP contribution in [0.25, 0.3) is 5.57 Å². The van der Waals surface area contributed by atoms with Crippen LogP contribution in [0, 0.1) is 0 Å². The number of hydrogen-bond donors (Lipinski definition) is 1. The Hall–Kier alpha value is -3.17. The van der Waals surface area contributed by atoms with Crippen LogP contribution in [-0.2, 0) is 11.2 Å². The minimum Gasteiger partial charge on any atom is -0.350 e. The number of carbonyl (C=O) groups is 1. The van der Waals surface area contributed by atoms with Crippen LogP contribution in [0.1, 0.15) is 36.5 Å². The Labute approximate surface area is 189 Å². The van der Waals surface area contributed by atoms with Crippen LogP contribution in [0.3, 0.4) is 0 Å². The highest BCUT2D eigenvalue weighted by Gasteiger charge is 2.06. The smallest absolute Gasteiger partial charge is 0.244 e. The van der Waals surface area contributed by atoms with Crippen molar-refractivity contribution in [2.75, 3.05) is 0 Å². The average Bonchev–Trinajstić information content (AvgIpc) is 2.78. The topological polar surface area (TPSA) is 42.0 Å². The van der Waals surface area contributed by atoms with Gasteiger partial charge in [0.15, 0.2) is 0 Å². The van der Waals surface area contributed by atoms with Gasteiger partial charge in [-0.25, -0.2) is 0 Å². The maximum atomic E-state index is 12.3. The number of carbonyl (C=O) groups excluding carboxylic acids is 1. The minimum atomic E-state index is -0.0939. The lowest BCUT2D eigenvalue weighted by Gasteiger charge is -2.12. The first-order chi connectivity index (χ1) is 15.1. The van der Waals surface area contributed by atoms with Crippen molar-refractivity contribution < 1.29 is 4.79 Å². The van der Waals surface area contributed by atoms with E-state index < -0.39 is 0 Å². The number of pyridine rings is 1. The van der Waals surface area contributed by atoms with Gasteiger partial charge >= 0.3 is 0 Å². The van der Waals surface area contributed by atoms with Gasteiger partial charge in [0.1, 0.15) is 0 Å². The third-order valence-corrected chi connectivity index (χ3v) is 5.18. The lowest BCUT2D eigenvalue weighted by molar-refractivity contribution is -0.117. The van der Waals surface area contributed by atoms with Crippen molar-refractivity contribution in [1.82, 2.24) is 10.3 Å². The first kappa shape index (κ1) is 22.5. The van der Waals surface area contributed by atoms with Crippen LogP contribution in [0.4, 0.5) is 0 Å². The van der Waals surface area contributed by atoms with E-state index in [9.17, 15) is 4.79 Å². The summed E-state index contributed by atoms with van der Waals surface area (Å²) in [4.78, 5) is 16.5. The number of amides is 1. The van der Waals surface area contributed by atoms with Gasteiger partial charge in [-0.3, -0.25) is 9.78 Å². The molecular formula is C27H27ClN2O. The van der Waals surface area contributed by atoms with Gasteiger partial charge in [-0.1, -0.05) is 72.3 Å². The monoisotopic (exact) mass is 430 g/mol. The molecule has 0 spiro atoms. The standard InChI is InChI=1S/C27H27ClN2O/c1-21(9-5-10-22-11-8-18-29-20-22)30-27(31)17-7-16-26(23-12-3-2-4-13-23)24-14-6-15-25(28)19-24/h2-4,6-8,11-21H,5,9-10H2,1H3,(H,30,31)/b17-7+,26-16+/t21-/m1/s1. The van der Waals surface area contributed by atoms with Crippen molar-refractivity contribution in [3.05, 3.63) is 119 Å². The molecule has 3 nitrogen and oxygen atoms in total. The Morgan fingerprint density at radius 3 is 2.61 bits per heavy atom. The van der Waals surface area contributed by atoms with E-state index in [1.807, 2.05) is 79.9 Å². The third kappa shape index (κ3) is 7.54. The number of nitrogens with one attached hydrogen (secondary N) is 1. The second-order valence-electron chi connectivity index (χ2n) is 7.48. The fourth-order valence-electron chi connectivity index (χ4n) is 3.39. The summed E-state index contributed by atoms with van der Waals surface area (Å²) < 4.78 is 0. The van der Waals surface area contributed by atoms with Crippen molar-refractivity contribution in [1.29, 1.82) is 0 Å². The van der Waals surface area contributed by atoms with Crippen LogP contribution in [0.5, 0.6) is 0 Å². The molecule has 1 aromatic heterocycles. The van der Waals surface area contributed by atoms with Gasteiger partial charge in [-0.2, -0.15) is 0 Å². The quantitative estimate of drug-likeness (QED) is 0.322. The molecule has 0 aliphatic heterocycles. The number of hydrogen-bond acceptors (Lipinski definition) is 2. The number of aromatic nitrogens is 1. The Morgan fingerprint density at radius 1 is 1.06 bits per heavy atom. The molecule has 0 saturated heterocycles. The Balaban J connectivity index is 1.59. The summed E-state index contributed by atoms with van der Waals surface area (Å²) in [5, 5.41) is 3.72. The van der Waals surface area contributed by atoms with Gasteiger partial charge in [-0.15, -0.1) is 0 Å². The number of rotatable bonds is 9. The average molecular weight is 431 g/mol. The van der Waals surface area contributed by atoms with Crippen molar-refractivity contribution in [3.63, 3.8) is 0 Å². The molecule has 0 unspecified atom stereocenters. The van der Waals surface area contributed by atoms with Crippen molar-refractivity contribution >= 4 is 23.1 Å². The molecule has 1 amide bonds. The number of benzene rings is 2. The summed E-state index contributed by atoms with van der Waals surface area (Å²) in [6.07, 6.45) is 11.9. The van der Waals surface area contributed by atoms with E-state index in [1.54, 1.807) is 18.3 Å². The van der Waals surface area contributed by atoms with Crippen LogP contribution in [0.15, 0.2) is 97.4 Å². The zero-order valence-corrected chi connectivity index (χ0v) is 18.4. The molecule has 2 aromatic carbocycles. The zero-order valence-electron chi connectivity index (χ0n) is 17.7. The van der Waals surface area contributed by atoms with Gasteiger partial charge in [0.2, 0.25) is 5.91 Å². The van der Waals surface area contributed by atoms with E-state index in [4.69, 9.17) is 11.6 Å². The number of nitrogens with zero attached hydrogens (tertiary/aromatic N) is 1. The molecule has 0 radical (unpaired) electrons. The van der Waals surface area contributed by atoms with E-state index in [0.29, 0.717) is 5.02 Å². The maximum absolute atomic E-state index is 12.3. The van der Waals surface area contributed by atoms with Crippen LogP contribution >= 0.6 is 11.6 Å². The molecule has 1 heterocycles. The lowest BCUT2D eigenvalue weighted by Crippen LogP contribution is -2.31. The van der Waals surface area contributed by atoms with Crippen LogP contribution < -0.4 is 5.32 Å². The van der Waals surface area contributed by atoms with E-state index in [0.717, 1.165) is 36.0 Å².